The first-order valence-corrected chi connectivity index (χ1v) is 11.7. The lowest BCUT2D eigenvalue weighted by Crippen LogP contribution is -2.42. The first-order valence-electron chi connectivity index (χ1n) is 11.0. The molecule has 0 radical (unpaired) electrons. The summed E-state index contributed by atoms with van der Waals surface area (Å²) in [5.41, 5.74) is 12.1. The molecule has 5 aromatic rings. The van der Waals surface area contributed by atoms with E-state index in [9.17, 15) is 4.79 Å². The molecule has 2 aromatic heterocycles. The van der Waals surface area contributed by atoms with Crippen LogP contribution in [-0.2, 0) is 17.9 Å². The van der Waals surface area contributed by atoms with Gasteiger partial charge in [-0.1, -0.05) is 58.4 Å². The molecule has 0 atom stereocenters. The number of aromatic amines is 1. The molecule has 3 aromatic carbocycles. The third-order valence-electron chi connectivity index (χ3n) is 5.36. The number of carbonyl (C=O) groups excluding carboxylic acids is 1. The van der Waals surface area contributed by atoms with Gasteiger partial charge < -0.3 is 10.5 Å². The van der Waals surface area contributed by atoms with E-state index in [-0.39, 0.29) is 18.3 Å². The van der Waals surface area contributed by atoms with Gasteiger partial charge in [-0.05, 0) is 46.2 Å². The summed E-state index contributed by atoms with van der Waals surface area (Å²) in [7, 11) is 0. The average molecular weight is 547 g/mol. The number of ether oxygens (including phenoxy) is 1. The maximum atomic E-state index is 12.8. The number of amides is 1. The fourth-order valence-electron chi connectivity index (χ4n) is 3.68. The van der Waals surface area contributed by atoms with E-state index in [0.29, 0.717) is 29.4 Å². The number of nitrogens with one attached hydrogen (secondary N) is 2. The second-order valence-corrected chi connectivity index (χ2v) is 8.74. The zero-order valence-corrected chi connectivity index (χ0v) is 20.5. The van der Waals surface area contributed by atoms with Crippen molar-refractivity contribution in [2.24, 2.45) is 5.10 Å². The van der Waals surface area contributed by atoms with Crippen LogP contribution in [0.3, 0.4) is 0 Å². The Morgan fingerprint density at radius 1 is 1.14 bits per heavy atom. The molecule has 0 bridgehead atoms. The first-order chi connectivity index (χ1) is 17.6. The molecule has 4 N–H and O–H groups in total. The van der Waals surface area contributed by atoms with Crippen LogP contribution in [0.15, 0.2) is 87.0 Å². The van der Waals surface area contributed by atoms with Gasteiger partial charge in [0.05, 0.1) is 6.21 Å². The van der Waals surface area contributed by atoms with Crippen LogP contribution in [0.4, 0.5) is 5.82 Å². The minimum atomic E-state index is -0.348. The van der Waals surface area contributed by atoms with Gasteiger partial charge in [-0.2, -0.15) is 5.10 Å². The standard InChI is InChI=1S/C25H20BrN7O3/c26-18-10-11-21(35-15-16-6-2-1-3-7-16)17(12-18)13-28-30-22(34)14-33-20-9-5-4-8-19(20)29-25(33)23-24(27)32-36-31-23/h1-13H,14-15H2,(H3,27,30,32,34)/p+1. The number of aromatic nitrogens is 4. The summed E-state index contributed by atoms with van der Waals surface area (Å²) in [5, 5.41) is 11.6. The monoisotopic (exact) mass is 546 g/mol. The van der Waals surface area contributed by atoms with Crippen LogP contribution >= 0.6 is 15.9 Å². The Morgan fingerprint density at radius 3 is 2.75 bits per heavy atom. The topological polar surface area (TPSA) is 135 Å². The molecule has 5 rings (SSSR count). The zero-order chi connectivity index (χ0) is 24.9. The van der Waals surface area contributed by atoms with Crippen molar-refractivity contribution in [2.75, 3.05) is 5.73 Å². The van der Waals surface area contributed by atoms with Gasteiger partial charge in [-0.3, -0.25) is 4.79 Å². The number of imidazole rings is 1. The van der Waals surface area contributed by atoms with E-state index in [1.54, 1.807) is 10.8 Å². The molecule has 0 fully saturated rings. The third-order valence-corrected chi connectivity index (χ3v) is 5.85. The van der Waals surface area contributed by atoms with Crippen molar-refractivity contribution < 1.29 is 18.7 Å². The Hall–Kier alpha value is -4.51. The molecule has 10 nitrogen and oxygen atoms in total. The molecule has 11 heteroatoms. The fraction of sp³-hybridized carbons (Fsp3) is 0.0800. The van der Waals surface area contributed by atoms with Gasteiger partial charge in [0.2, 0.25) is 11.5 Å². The number of anilines is 1. The minimum Gasteiger partial charge on any atom is -0.488 e. The molecule has 0 unspecified atom stereocenters. The molecule has 0 spiro atoms. The van der Waals surface area contributed by atoms with E-state index >= 15 is 0 Å². The Balaban J connectivity index is 1.32. The summed E-state index contributed by atoms with van der Waals surface area (Å²) in [6.07, 6.45) is 1.54. The third kappa shape index (κ3) is 5.10. The minimum absolute atomic E-state index is 0.0428. The Bertz CT molecular complexity index is 1550. The molecule has 2 heterocycles. The quantitative estimate of drug-likeness (QED) is 0.154. The number of halogens is 1. The van der Waals surface area contributed by atoms with Crippen molar-refractivity contribution >= 4 is 44.9 Å². The van der Waals surface area contributed by atoms with Gasteiger partial charge in [0, 0.05) is 10.0 Å². The van der Waals surface area contributed by atoms with E-state index < -0.39 is 0 Å². The maximum Gasteiger partial charge on any atom is 0.314 e. The lowest BCUT2D eigenvalue weighted by molar-refractivity contribution is -0.647. The van der Waals surface area contributed by atoms with Gasteiger partial charge in [0.25, 0.3) is 5.91 Å². The van der Waals surface area contributed by atoms with E-state index in [2.05, 4.69) is 41.8 Å². The predicted octanol–water partition coefficient (Wildman–Crippen LogP) is 3.58. The summed E-state index contributed by atoms with van der Waals surface area (Å²) in [6, 6.07) is 23.0. The lowest BCUT2D eigenvalue weighted by Gasteiger charge is -2.09. The number of benzene rings is 3. The number of rotatable bonds is 8. The van der Waals surface area contributed by atoms with Crippen LogP contribution in [0, 0.1) is 0 Å². The number of carbonyl (C=O) groups is 1. The number of hydrogen-bond donors (Lipinski definition) is 3. The van der Waals surface area contributed by atoms with Crippen molar-refractivity contribution in [3.05, 3.63) is 88.4 Å². The molecule has 0 aliphatic rings. The molecule has 0 saturated heterocycles. The van der Waals surface area contributed by atoms with Gasteiger partial charge in [-0.25, -0.2) is 19.6 Å². The number of fused-ring (bicyclic) bond motifs is 1. The summed E-state index contributed by atoms with van der Waals surface area (Å²) < 4.78 is 13.3. The van der Waals surface area contributed by atoms with Gasteiger partial charge in [0.15, 0.2) is 17.6 Å². The second kappa shape index (κ2) is 10.4. The number of nitrogens with two attached hydrogens (primary N) is 1. The van der Waals surface area contributed by atoms with E-state index in [1.807, 2.05) is 72.8 Å². The highest BCUT2D eigenvalue weighted by Crippen LogP contribution is 2.23. The highest BCUT2D eigenvalue weighted by atomic mass is 79.9. The predicted molar refractivity (Wildman–Crippen MR) is 137 cm³/mol. The number of hydrogen-bond acceptors (Lipinski definition) is 7. The summed E-state index contributed by atoms with van der Waals surface area (Å²) in [6.45, 7) is 0.370. The Morgan fingerprint density at radius 2 is 1.94 bits per heavy atom. The normalized spacial score (nSPS) is 11.2. The zero-order valence-electron chi connectivity index (χ0n) is 18.9. The largest absolute Gasteiger partial charge is 0.488 e. The Labute approximate surface area is 213 Å². The average Bonchev–Trinajstić information content (AvgIpc) is 3.47. The van der Waals surface area contributed by atoms with Crippen LogP contribution in [0.2, 0.25) is 0 Å². The summed E-state index contributed by atoms with van der Waals surface area (Å²) >= 11 is 3.47. The first kappa shape index (κ1) is 23.2. The molecular weight excluding hydrogens is 526 g/mol. The Kier molecular flexibility index (Phi) is 6.72. The van der Waals surface area contributed by atoms with Crippen molar-refractivity contribution in [1.82, 2.24) is 20.7 Å². The number of hydrazone groups is 1. The lowest BCUT2D eigenvalue weighted by atomic mass is 10.2. The summed E-state index contributed by atoms with van der Waals surface area (Å²) in [4.78, 5) is 16.0. The highest BCUT2D eigenvalue weighted by Gasteiger charge is 2.27. The molecule has 0 saturated carbocycles. The van der Waals surface area contributed by atoms with Crippen LogP contribution in [-0.4, -0.2) is 27.4 Å². The van der Waals surface area contributed by atoms with Crippen LogP contribution in [0.1, 0.15) is 11.1 Å². The van der Waals surface area contributed by atoms with Crippen molar-refractivity contribution in [1.29, 1.82) is 0 Å². The van der Waals surface area contributed by atoms with Gasteiger partial charge >= 0.3 is 5.82 Å². The van der Waals surface area contributed by atoms with Crippen LogP contribution in [0.5, 0.6) is 5.75 Å². The molecule has 1 amide bonds. The smallest absolute Gasteiger partial charge is 0.314 e. The molecule has 0 aliphatic heterocycles. The van der Waals surface area contributed by atoms with Crippen LogP contribution in [0.25, 0.3) is 22.6 Å². The number of nitrogens with zero attached hydrogens (tertiary/aromatic N) is 4. The highest BCUT2D eigenvalue weighted by molar-refractivity contribution is 9.10. The maximum absolute atomic E-state index is 12.8. The fourth-order valence-corrected chi connectivity index (χ4v) is 4.06. The molecular formula is C25H21BrN7O3+. The van der Waals surface area contributed by atoms with Crippen molar-refractivity contribution in [3.63, 3.8) is 0 Å². The SMILES string of the molecule is Nc1nonc1-c1[nH]c2ccccc2[n+]1CC(=O)NN=Cc1cc(Br)ccc1OCc1ccccc1. The number of nitrogen functional groups attached to an aromatic ring is 1. The van der Waals surface area contributed by atoms with E-state index in [0.717, 1.165) is 21.1 Å². The van der Waals surface area contributed by atoms with E-state index in [4.69, 9.17) is 15.1 Å². The molecule has 180 valence electrons. The molecule has 36 heavy (non-hydrogen) atoms. The van der Waals surface area contributed by atoms with Crippen LogP contribution < -0.4 is 20.5 Å². The van der Waals surface area contributed by atoms with Crippen molar-refractivity contribution in [2.45, 2.75) is 13.2 Å². The van der Waals surface area contributed by atoms with Gasteiger partial charge in [-0.15, -0.1) is 0 Å². The number of para-hydroxylation sites is 2. The summed E-state index contributed by atoms with van der Waals surface area (Å²) in [5.74, 6) is 0.908. The van der Waals surface area contributed by atoms with E-state index in [1.165, 1.54) is 0 Å². The molecule has 0 aliphatic carbocycles. The van der Waals surface area contributed by atoms with Gasteiger partial charge in [0.1, 0.15) is 12.4 Å². The number of H-pyrrole nitrogens is 1. The van der Waals surface area contributed by atoms with Crippen molar-refractivity contribution in [3.8, 4) is 17.3 Å². The second-order valence-electron chi connectivity index (χ2n) is 7.82.